The molecule has 0 radical (unpaired) electrons. The molecule has 0 aromatic carbocycles. The summed E-state index contributed by atoms with van der Waals surface area (Å²) in [6.07, 6.45) is 4.67. The van der Waals surface area contributed by atoms with Gasteiger partial charge in [0.15, 0.2) is 0 Å². The first-order valence-corrected chi connectivity index (χ1v) is 4.90. The van der Waals surface area contributed by atoms with Crippen LogP contribution in [0.4, 0.5) is 5.69 Å². The van der Waals surface area contributed by atoms with Crippen molar-refractivity contribution in [2.24, 2.45) is 0 Å². The first kappa shape index (κ1) is 11.0. The third kappa shape index (κ3) is 3.34. The standard InChI is InChI=1S/C11H18N2O/c1-9-4-6-12-8-11(9)13-10(2)5-7-14-3/h4,6,8,10,13H,5,7H2,1-3H3. The smallest absolute Gasteiger partial charge is 0.0558 e. The predicted octanol–water partition coefficient (Wildman–Crippen LogP) is 2.23. The summed E-state index contributed by atoms with van der Waals surface area (Å²) in [6.45, 7) is 5.01. The number of hydrogen-bond acceptors (Lipinski definition) is 3. The molecule has 1 aromatic heterocycles. The molecule has 1 aromatic rings. The lowest BCUT2D eigenvalue weighted by molar-refractivity contribution is 0.191. The van der Waals surface area contributed by atoms with Gasteiger partial charge >= 0.3 is 0 Å². The van der Waals surface area contributed by atoms with Gasteiger partial charge in [-0.3, -0.25) is 4.98 Å². The van der Waals surface area contributed by atoms with Crippen molar-refractivity contribution in [1.29, 1.82) is 0 Å². The van der Waals surface area contributed by atoms with Crippen molar-refractivity contribution < 1.29 is 4.74 Å². The molecule has 1 N–H and O–H groups in total. The van der Waals surface area contributed by atoms with E-state index in [1.807, 2.05) is 12.3 Å². The quantitative estimate of drug-likeness (QED) is 0.780. The fraction of sp³-hybridized carbons (Fsp3) is 0.545. The van der Waals surface area contributed by atoms with E-state index in [0.717, 1.165) is 18.7 Å². The van der Waals surface area contributed by atoms with Gasteiger partial charge in [-0.2, -0.15) is 0 Å². The second-order valence-corrected chi connectivity index (χ2v) is 3.52. The summed E-state index contributed by atoms with van der Waals surface area (Å²) in [4.78, 5) is 4.09. The molecule has 0 aliphatic heterocycles. The van der Waals surface area contributed by atoms with Gasteiger partial charge in [-0.05, 0) is 31.9 Å². The Kier molecular flexibility index (Phi) is 4.40. The molecule has 0 saturated heterocycles. The molecule has 3 heteroatoms. The Hall–Kier alpha value is -1.09. The summed E-state index contributed by atoms with van der Waals surface area (Å²) in [7, 11) is 1.72. The molecule has 0 spiro atoms. The van der Waals surface area contributed by atoms with E-state index in [2.05, 4.69) is 24.1 Å². The van der Waals surface area contributed by atoms with Crippen molar-refractivity contribution in [3.8, 4) is 0 Å². The zero-order chi connectivity index (χ0) is 10.4. The highest BCUT2D eigenvalue weighted by Crippen LogP contribution is 2.13. The molecule has 3 nitrogen and oxygen atoms in total. The van der Waals surface area contributed by atoms with Gasteiger partial charge in [0, 0.05) is 26.0 Å². The van der Waals surface area contributed by atoms with E-state index in [0.29, 0.717) is 6.04 Å². The molecule has 14 heavy (non-hydrogen) atoms. The lowest BCUT2D eigenvalue weighted by atomic mass is 10.2. The Morgan fingerprint density at radius 1 is 1.57 bits per heavy atom. The molecule has 78 valence electrons. The van der Waals surface area contributed by atoms with E-state index in [1.54, 1.807) is 13.3 Å². The largest absolute Gasteiger partial charge is 0.385 e. The third-order valence-electron chi connectivity index (χ3n) is 2.20. The van der Waals surface area contributed by atoms with Gasteiger partial charge in [0.05, 0.1) is 11.9 Å². The van der Waals surface area contributed by atoms with E-state index in [1.165, 1.54) is 5.56 Å². The number of aromatic nitrogens is 1. The Morgan fingerprint density at radius 2 is 2.36 bits per heavy atom. The fourth-order valence-electron chi connectivity index (χ4n) is 1.25. The second kappa shape index (κ2) is 5.60. The van der Waals surface area contributed by atoms with Gasteiger partial charge in [-0.15, -0.1) is 0 Å². The molecule has 0 saturated carbocycles. The summed E-state index contributed by atoms with van der Waals surface area (Å²) in [6, 6.07) is 2.42. The van der Waals surface area contributed by atoms with Gasteiger partial charge < -0.3 is 10.1 Å². The number of hydrogen-bond donors (Lipinski definition) is 1. The van der Waals surface area contributed by atoms with Crippen molar-refractivity contribution >= 4 is 5.69 Å². The van der Waals surface area contributed by atoms with E-state index in [-0.39, 0.29) is 0 Å². The summed E-state index contributed by atoms with van der Waals surface area (Å²) in [5, 5.41) is 3.40. The third-order valence-corrected chi connectivity index (χ3v) is 2.20. The normalized spacial score (nSPS) is 12.5. The first-order valence-electron chi connectivity index (χ1n) is 4.90. The number of aryl methyl sites for hydroxylation is 1. The predicted molar refractivity (Wildman–Crippen MR) is 58.6 cm³/mol. The maximum absolute atomic E-state index is 5.02. The van der Waals surface area contributed by atoms with Crippen LogP contribution in [0.3, 0.4) is 0 Å². The van der Waals surface area contributed by atoms with E-state index < -0.39 is 0 Å². The fourth-order valence-corrected chi connectivity index (χ4v) is 1.25. The van der Waals surface area contributed by atoms with Crippen LogP contribution in [0.2, 0.25) is 0 Å². The van der Waals surface area contributed by atoms with Crippen LogP contribution >= 0.6 is 0 Å². The van der Waals surface area contributed by atoms with Crippen LogP contribution in [0.5, 0.6) is 0 Å². The number of nitrogens with one attached hydrogen (secondary N) is 1. The molecular formula is C11H18N2O. The van der Waals surface area contributed by atoms with Gasteiger partial charge in [0.25, 0.3) is 0 Å². The van der Waals surface area contributed by atoms with Crippen molar-refractivity contribution in [3.05, 3.63) is 24.0 Å². The number of anilines is 1. The molecule has 0 aliphatic rings. The molecule has 1 heterocycles. The highest BCUT2D eigenvalue weighted by Gasteiger charge is 2.03. The van der Waals surface area contributed by atoms with Crippen LogP contribution in [0.15, 0.2) is 18.5 Å². The maximum atomic E-state index is 5.02. The van der Waals surface area contributed by atoms with Crippen LogP contribution in [-0.2, 0) is 4.74 Å². The number of methoxy groups -OCH3 is 1. The van der Waals surface area contributed by atoms with Crippen LogP contribution in [-0.4, -0.2) is 24.7 Å². The van der Waals surface area contributed by atoms with Gasteiger partial charge in [-0.1, -0.05) is 0 Å². The molecule has 1 unspecified atom stereocenters. The highest BCUT2D eigenvalue weighted by molar-refractivity contribution is 5.48. The zero-order valence-corrected chi connectivity index (χ0v) is 9.08. The van der Waals surface area contributed by atoms with Crippen molar-refractivity contribution in [2.45, 2.75) is 26.3 Å². The van der Waals surface area contributed by atoms with E-state index in [4.69, 9.17) is 4.74 Å². The Morgan fingerprint density at radius 3 is 3.00 bits per heavy atom. The van der Waals surface area contributed by atoms with Crippen molar-refractivity contribution in [3.63, 3.8) is 0 Å². The van der Waals surface area contributed by atoms with E-state index >= 15 is 0 Å². The summed E-state index contributed by atoms with van der Waals surface area (Å²) in [5.74, 6) is 0. The molecule has 0 bridgehead atoms. The molecule has 0 amide bonds. The average molecular weight is 194 g/mol. The maximum Gasteiger partial charge on any atom is 0.0558 e. The number of rotatable bonds is 5. The Balaban J connectivity index is 2.47. The highest BCUT2D eigenvalue weighted by atomic mass is 16.5. The molecule has 0 fully saturated rings. The topological polar surface area (TPSA) is 34.1 Å². The second-order valence-electron chi connectivity index (χ2n) is 3.52. The number of ether oxygens (including phenoxy) is 1. The minimum atomic E-state index is 0.415. The van der Waals surface area contributed by atoms with Crippen LogP contribution in [0.1, 0.15) is 18.9 Å². The Bertz CT molecular complexity index is 276. The van der Waals surface area contributed by atoms with Crippen LogP contribution in [0, 0.1) is 6.92 Å². The summed E-state index contributed by atoms with van der Waals surface area (Å²) < 4.78 is 5.02. The molecular weight excluding hydrogens is 176 g/mol. The van der Waals surface area contributed by atoms with Crippen LogP contribution < -0.4 is 5.32 Å². The SMILES string of the molecule is COCCC(C)Nc1cnccc1C. The van der Waals surface area contributed by atoms with Gasteiger partial charge in [0.1, 0.15) is 0 Å². The monoisotopic (exact) mass is 194 g/mol. The average Bonchev–Trinajstić information content (AvgIpc) is 2.18. The minimum absolute atomic E-state index is 0.415. The number of pyridine rings is 1. The molecule has 0 aliphatic carbocycles. The van der Waals surface area contributed by atoms with Gasteiger partial charge in [-0.25, -0.2) is 0 Å². The summed E-state index contributed by atoms with van der Waals surface area (Å²) >= 11 is 0. The van der Waals surface area contributed by atoms with Gasteiger partial charge in [0.2, 0.25) is 0 Å². The van der Waals surface area contributed by atoms with Crippen LogP contribution in [0.25, 0.3) is 0 Å². The zero-order valence-electron chi connectivity index (χ0n) is 9.08. The Labute approximate surface area is 85.5 Å². The molecule has 1 atom stereocenters. The molecule has 1 rings (SSSR count). The number of nitrogens with zero attached hydrogens (tertiary/aromatic N) is 1. The first-order chi connectivity index (χ1) is 6.74. The lowest BCUT2D eigenvalue weighted by Gasteiger charge is -2.15. The van der Waals surface area contributed by atoms with Crippen molar-refractivity contribution in [1.82, 2.24) is 4.98 Å². The summed E-state index contributed by atoms with van der Waals surface area (Å²) in [5.41, 5.74) is 2.33. The lowest BCUT2D eigenvalue weighted by Crippen LogP contribution is -2.17. The van der Waals surface area contributed by atoms with E-state index in [9.17, 15) is 0 Å². The van der Waals surface area contributed by atoms with Crippen molar-refractivity contribution in [2.75, 3.05) is 19.0 Å². The minimum Gasteiger partial charge on any atom is -0.385 e.